The van der Waals surface area contributed by atoms with Gasteiger partial charge in [-0.3, -0.25) is 0 Å². The normalized spacial score (nSPS) is 16.0. The van der Waals surface area contributed by atoms with Gasteiger partial charge in [-0.2, -0.15) is 10.2 Å². The molecule has 0 amide bonds. The number of nitrogens with zero attached hydrogens (tertiary/aromatic N) is 6. The van der Waals surface area contributed by atoms with E-state index in [9.17, 15) is 0 Å². The van der Waals surface area contributed by atoms with Crippen LogP contribution in [-0.2, 0) is 0 Å². The highest BCUT2D eigenvalue weighted by Crippen LogP contribution is 2.31. The van der Waals surface area contributed by atoms with Gasteiger partial charge in [-0.05, 0) is 30.2 Å². The third kappa shape index (κ3) is 4.69. The fourth-order valence-corrected chi connectivity index (χ4v) is 4.62. The number of likely N-dealkylation sites (tertiary alicyclic amines) is 1. The van der Waals surface area contributed by atoms with Crippen molar-refractivity contribution in [2.45, 2.75) is 39.2 Å². The van der Waals surface area contributed by atoms with Crippen LogP contribution in [0, 0.1) is 17.2 Å². The molecular weight excluding hydrogens is 356 g/mol. The minimum atomic E-state index is 0.474. The summed E-state index contributed by atoms with van der Waals surface area (Å²) < 4.78 is 1.10. The molecule has 2 aromatic heterocycles. The highest BCUT2D eigenvalue weighted by Gasteiger charge is 2.25. The lowest BCUT2D eigenvalue weighted by Crippen LogP contribution is -2.45. The molecule has 0 N–H and O–H groups in total. The monoisotopic (exact) mass is 386 g/mol. The highest BCUT2D eigenvalue weighted by atomic mass is 32.1. The molecular formula is C20H30N6S. The van der Waals surface area contributed by atoms with Crippen LogP contribution < -0.4 is 9.80 Å². The summed E-state index contributed by atoms with van der Waals surface area (Å²) in [6.07, 6.45) is 2.79. The Bertz CT molecular complexity index is 787. The van der Waals surface area contributed by atoms with E-state index >= 15 is 0 Å². The average molecular weight is 387 g/mol. The largest absolute Gasteiger partial charge is 0.357 e. The van der Waals surface area contributed by atoms with Gasteiger partial charge in [0.05, 0.1) is 22.7 Å². The Kier molecular flexibility index (Phi) is 6.51. The quantitative estimate of drug-likeness (QED) is 0.725. The number of nitriles is 1. The number of fused-ring (bicyclic) bond motifs is 1. The van der Waals surface area contributed by atoms with Crippen molar-refractivity contribution in [2.24, 2.45) is 5.92 Å². The van der Waals surface area contributed by atoms with Crippen LogP contribution in [0.2, 0.25) is 0 Å². The second kappa shape index (κ2) is 8.85. The zero-order valence-electron chi connectivity index (χ0n) is 16.9. The van der Waals surface area contributed by atoms with Gasteiger partial charge in [0.2, 0.25) is 5.95 Å². The number of hydrogen-bond donors (Lipinski definition) is 0. The first-order chi connectivity index (χ1) is 13.0. The molecule has 2 aromatic rings. The summed E-state index contributed by atoms with van der Waals surface area (Å²) in [5.74, 6) is 2.45. The molecule has 1 aliphatic heterocycles. The number of anilines is 2. The molecule has 0 aliphatic carbocycles. The summed E-state index contributed by atoms with van der Waals surface area (Å²) in [7, 11) is 4.13. The average Bonchev–Trinajstić information content (AvgIpc) is 3.13. The van der Waals surface area contributed by atoms with E-state index in [1.54, 1.807) is 11.3 Å². The summed E-state index contributed by atoms with van der Waals surface area (Å²) >= 11 is 1.66. The molecule has 7 heteroatoms. The van der Waals surface area contributed by atoms with E-state index < -0.39 is 0 Å². The maximum Gasteiger partial charge on any atom is 0.227 e. The third-order valence-corrected chi connectivity index (χ3v) is 6.14. The predicted molar refractivity (Wildman–Crippen MR) is 114 cm³/mol. The van der Waals surface area contributed by atoms with Crippen molar-refractivity contribution in [1.29, 1.82) is 5.26 Å². The molecule has 1 aliphatic rings. The fraction of sp³-hybridized carbons (Fsp3) is 0.650. The van der Waals surface area contributed by atoms with Crippen molar-refractivity contribution in [3.05, 3.63) is 11.4 Å². The molecule has 0 spiro atoms. The number of hydrogen-bond acceptors (Lipinski definition) is 7. The molecule has 0 bridgehead atoms. The molecule has 3 rings (SSSR count). The Hall–Kier alpha value is -1.91. The molecule has 0 atom stereocenters. The number of rotatable bonds is 7. The highest BCUT2D eigenvalue weighted by molar-refractivity contribution is 7.17. The standard InChI is InChI=1S/C20H30N6S/c1-15(2)14-26-11-6-16(7-12-26)25(4)20-22-17-8-13-27-18(17)19(23-20)24(3)10-5-9-21/h8,13,15-16H,5-7,10-12,14H2,1-4H3. The molecule has 146 valence electrons. The SMILES string of the molecule is CC(C)CN1CCC(N(C)c2nc(N(C)CCC#N)c3sccc3n2)CC1. The molecule has 6 nitrogen and oxygen atoms in total. The topological polar surface area (TPSA) is 59.3 Å². The first-order valence-electron chi connectivity index (χ1n) is 9.78. The van der Waals surface area contributed by atoms with Crippen molar-refractivity contribution in [1.82, 2.24) is 14.9 Å². The van der Waals surface area contributed by atoms with Crippen LogP contribution in [0.25, 0.3) is 10.2 Å². The van der Waals surface area contributed by atoms with Gasteiger partial charge in [0.25, 0.3) is 0 Å². The van der Waals surface area contributed by atoms with E-state index in [0.717, 1.165) is 53.8 Å². The van der Waals surface area contributed by atoms with Crippen molar-refractivity contribution in [3.63, 3.8) is 0 Å². The van der Waals surface area contributed by atoms with Crippen LogP contribution in [0.4, 0.5) is 11.8 Å². The van der Waals surface area contributed by atoms with Crippen LogP contribution >= 0.6 is 11.3 Å². The van der Waals surface area contributed by atoms with Gasteiger partial charge in [0.1, 0.15) is 0 Å². The van der Waals surface area contributed by atoms with Crippen molar-refractivity contribution in [2.75, 3.05) is 50.1 Å². The minimum absolute atomic E-state index is 0.474. The van der Waals surface area contributed by atoms with Crippen molar-refractivity contribution < 1.29 is 0 Å². The molecule has 0 unspecified atom stereocenters. The van der Waals surface area contributed by atoms with Crippen LogP contribution in [0.5, 0.6) is 0 Å². The third-order valence-electron chi connectivity index (χ3n) is 5.24. The summed E-state index contributed by atoms with van der Waals surface area (Å²) in [6, 6.07) is 4.76. The molecule has 0 aromatic carbocycles. The second-order valence-electron chi connectivity index (χ2n) is 7.85. The predicted octanol–water partition coefficient (Wildman–Crippen LogP) is 3.60. The first-order valence-corrected chi connectivity index (χ1v) is 10.7. The zero-order valence-corrected chi connectivity index (χ0v) is 17.7. The Morgan fingerprint density at radius 2 is 2.04 bits per heavy atom. The lowest BCUT2D eigenvalue weighted by molar-refractivity contribution is 0.190. The Balaban J connectivity index is 1.77. The van der Waals surface area contributed by atoms with E-state index in [0.29, 0.717) is 19.0 Å². The Labute approximate surface area is 166 Å². The molecule has 0 radical (unpaired) electrons. The Morgan fingerprint density at radius 3 is 2.70 bits per heavy atom. The lowest BCUT2D eigenvalue weighted by Gasteiger charge is -2.37. The van der Waals surface area contributed by atoms with E-state index in [4.69, 9.17) is 15.2 Å². The maximum absolute atomic E-state index is 8.91. The van der Waals surface area contributed by atoms with E-state index in [-0.39, 0.29) is 0 Å². The first kappa shape index (κ1) is 19.8. The fourth-order valence-electron chi connectivity index (χ4n) is 3.75. The van der Waals surface area contributed by atoms with Gasteiger partial charge in [-0.25, -0.2) is 4.98 Å². The summed E-state index contributed by atoms with van der Waals surface area (Å²) in [5.41, 5.74) is 0.993. The van der Waals surface area contributed by atoms with Gasteiger partial charge < -0.3 is 14.7 Å². The number of piperidine rings is 1. The van der Waals surface area contributed by atoms with Gasteiger partial charge in [0.15, 0.2) is 5.82 Å². The van der Waals surface area contributed by atoms with Crippen LogP contribution in [0.1, 0.15) is 33.1 Å². The Morgan fingerprint density at radius 1 is 1.30 bits per heavy atom. The second-order valence-corrected chi connectivity index (χ2v) is 8.76. The van der Waals surface area contributed by atoms with Gasteiger partial charge in [-0.1, -0.05) is 13.8 Å². The van der Waals surface area contributed by atoms with Crippen molar-refractivity contribution in [3.8, 4) is 6.07 Å². The zero-order chi connectivity index (χ0) is 19.4. The molecule has 27 heavy (non-hydrogen) atoms. The molecule has 1 saturated heterocycles. The van der Waals surface area contributed by atoms with E-state index in [1.165, 1.54) is 6.54 Å². The molecule has 1 fully saturated rings. The van der Waals surface area contributed by atoms with Crippen LogP contribution in [0.3, 0.4) is 0 Å². The smallest absolute Gasteiger partial charge is 0.227 e. The van der Waals surface area contributed by atoms with Gasteiger partial charge in [0, 0.05) is 46.3 Å². The minimum Gasteiger partial charge on any atom is -0.357 e. The lowest BCUT2D eigenvalue weighted by atomic mass is 10.0. The maximum atomic E-state index is 8.91. The molecule has 3 heterocycles. The van der Waals surface area contributed by atoms with E-state index in [1.807, 2.05) is 7.05 Å². The van der Waals surface area contributed by atoms with Crippen LogP contribution in [-0.4, -0.2) is 61.2 Å². The number of thiophene rings is 1. The summed E-state index contributed by atoms with van der Waals surface area (Å²) in [4.78, 5) is 16.6. The summed E-state index contributed by atoms with van der Waals surface area (Å²) in [5, 5.41) is 11.0. The van der Waals surface area contributed by atoms with Gasteiger partial charge in [-0.15, -0.1) is 11.3 Å². The molecule has 0 saturated carbocycles. The van der Waals surface area contributed by atoms with Crippen LogP contribution in [0.15, 0.2) is 11.4 Å². The summed E-state index contributed by atoms with van der Waals surface area (Å²) in [6.45, 7) is 8.71. The number of aromatic nitrogens is 2. The van der Waals surface area contributed by atoms with Crippen molar-refractivity contribution >= 4 is 33.3 Å². The van der Waals surface area contributed by atoms with Gasteiger partial charge >= 0.3 is 0 Å². The van der Waals surface area contributed by atoms with E-state index in [2.05, 4.69) is 53.1 Å².